The predicted octanol–water partition coefficient (Wildman–Crippen LogP) is -3.03. The van der Waals surface area contributed by atoms with E-state index in [-0.39, 0.29) is 103 Å². The van der Waals surface area contributed by atoms with Crippen LogP contribution in [0.25, 0.3) is 0 Å². The largest absolute Gasteiger partial charge is 1.00 e. The Kier molecular flexibility index (Phi) is 27.3. The Morgan fingerprint density at radius 3 is 1.86 bits per heavy atom. The first-order chi connectivity index (χ1) is 44.2. The molecule has 0 spiro atoms. The molecular weight excluding hydrogens is 1290 g/mol. The van der Waals surface area contributed by atoms with Gasteiger partial charge in [0.15, 0.2) is 23.5 Å². The minimum absolute atomic E-state index is 0. The summed E-state index contributed by atoms with van der Waals surface area (Å²) in [6.07, 6.45) is -10.9. The fraction of sp³-hybridized carbons (Fsp3) is 0.565. The van der Waals surface area contributed by atoms with Crippen LogP contribution < -0.4 is 52.2 Å². The van der Waals surface area contributed by atoms with Gasteiger partial charge in [-0.3, -0.25) is 33.6 Å². The lowest BCUT2D eigenvalue weighted by atomic mass is 9.44. The van der Waals surface area contributed by atoms with Crippen LogP contribution in [0.5, 0.6) is 0 Å². The molecule has 7 rings (SSSR count). The SMILES string of the molecule is CC(=O)O[C@H]1C(=O)[C@@]2(C)[C@H]([C@H](OC(=O)c3ccccc3)[C@]3(O)C[C@H](OC(=O)[C@H](OC(=O)N(C)CCN(C)C(=O)[C@H](CCCC[NH3+])NC(=O)[C@H](CC(C)C)NC(=O)[C@H]([NH3+])C(C)C)[C@@H](NC(=O)c4ccccc4)c4ccccc4)C(C)=C1C3(C)C)[C@]1(OC(C)=O)CO[C@@H]1C[C@@H]2O.[Cl-].[Cl-]. The van der Waals surface area contributed by atoms with Crippen molar-refractivity contribution in [3.05, 3.63) is 119 Å². The first-order valence-corrected chi connectivity index (χ1v) is 32.2. The van der Waals surface area contributed by atoms with E-state index in [9.17, 15) is 48.6 Å². The molecule has 25 nitrogen and oxygen atoms in total. The third-order valence-corrected chi connectivity index (χ3v) is 19.2. The van der Waals surface area contributed by atoms with Crippen LogP contribution in [0.4, 0.5) is 4.79 Å². The number of halogens is 2. The highest BCUT2D eigenvalue weighted by Gasteiger charge is 2.78. The van der Waals surface area contributed by atoms with Gasteiger partial charge in [0.25, 0.3) is 11.8 Å². The summed E-state index contributed by atoms with van der Waals surface area (Å²) in [6, 6.07) is 19.6. The molecule has 2 bridgehead atoms. The number of likely N-dealkylation sites (N-methyl/N-ethyl adjacent to an activating group) is 2. The maximum absolute atomic E-state index is 16.0. The lowest BCUT2D eigenvalue weighted by molar-refractivity contribution is -0.414. The van der Waals surface area contributed by atoms with Gasteiger partial charge in [-0.15, -0.1) is 0 Å². The van der Waals surface area contributed by atoms with Gasteiger partial charge >= 0.3 is 30.0 Å². The third-order valence-electron chi connectivity index (χ3n) is 19.2. The van der Waals surface area contributed by atoms with Gasteiger partial charge < -0.3 is 101 Å². The summed E-state index contributed by atoms with van der Waals surface area (Å²) >= 11 is 0. The first-order valence-electron chi connectivity index (χ1n) is 32.2. The molecule has 0 unspecified atom stereocenters. The summed E-state index contributed by atoms with van der Waals surface area (Å²) in [5, 5.41) is 35.1. The van der Waals surface area contributed by atoms with Crippen molar-refractivity contribution in [1.82, 2.24) is 25.8 Å². The molecule has 0 radical (unpaired) electrons. The maximum Gasteiger partial charge on any atom is 0.410 e. The van der Waals surface area contributed by atoms with E-state index >= 15 is 9.59 Å². The van der Waals surface area contributed by atoms with Gasteiger partial charge in [0.2, 0.25) is 17.9 Å². The molecule has 4 aliphatic rings. The number of aliphatic hydroxyl groups excluding tert-OH is 1. The van der Waals surface area contributed by atoms with E-state index in [4.69, 9.17) is 28.4 Å². The molecule has 3 aliphatic carbocycles. The Balaban J connectivity index is 0.00000833. The second-order valence-electron chi connectivity index (χ2n) is 26.8. The summed E-state index contributed by atoms with van der Waals surface area (Å²) in [5.41, 5.74) is -0.117. The number of unbranched alkanes of at least 4 members (excludes halogenated alkanes) is 1. The minimum Gasteiger partial charge on any atom is -1.00 e. The number of rotatable bonds is 26. The normalized spacial score (nSPS) is 25.4. The van der Waals surface area contributed by atoms with Gasteiger partial charge in [0, 0.05) is 70.8 Å². The van der Waals surface area contributed by atoms with Crippen molar-refractivity contribution in [2.24, 2.45) is 28.6 Å². The zero-order valence-electron chi connectivity index (χ0n) is 56.7. The summed E-state index contributed by atoms with van der Waals surface area (Å²) < 4.78 is 37.4. The molecule has 14 atom stereocenters. The molecule has 3 aromatic rings. The van der Waals surface area contributed by atoms with Crippen LogP contribution in [0, 0.1) is 28.6 Å². The van der Waals surface area contributed by atoms with Gasteiger partial charge in [0.05, 0.1) is 36.2 Å². The summed E-state index contributed by atoms with van der Waals surface area (Å²) in [5.74, 6) is -8.96. The molecule has 11 N–H and O–H groups in total. The molecule has 2 saturated carbocycles. The summed E-state index contributed by atoms with van der Waals surface area (Å²) in [6.45, 7) is 15.4. The Bertz CT molecular complexity index is 3310. The first kappa shape index (κ1) is 79.2. The van der Waals surface area contributed by atoms with E-state index < -0.39 is 155 Å². The Morgan fingerprint density at radius 2 is 1.32 bits per heavy atom. The maximum atomic E-state index is 16.0. The number of esters is 4. The smallest absolute Gasteiger partial charge is 0.410 e. The number of Topliss-reactive ketones (excluding diaryl/α,β-unsaturated/α-hetero) is 1. The molecule has 3 aromatic carbocycles. The van der Waals surface area contributed by atoms with Crippen LogP contribution in [0.1, 0.15) is 140 Å². The topological polar surface area (TPSA) is 364 Å². The monoisotopic (exact) mass is 1380 g/mol. The second-order valence-corrected chi connectivity index (χ2v) is 26.8. The van der Waals surface area contributed by atoms with Crippen molar-refractivity contribution in [3.63, 3.8) is 0 Å². The molecule has 5 amide bonds. The zero-order chi connectivity index (χ0) is 69.4. The van der Waals surface area contributed by atoms with Crippen molar-refractivity contribution in [2.45, 2.75) is 180 Å². The molecule has 1 saturated heterocycles. The van der Waals surface area contributed by atoms with E-state index in [0.29, 0.717) is 19.4 Å². The highest BCUT2D eigenvalue weighted by molar-refractivity contribution is 5.97. The standard InChI is InChI=1S/C69H93N7O18.2ClH/c1-38(2)34-47(73-61(83)52(71)39(3)4)60(82)72-46(30-22-23-31-70)62(84)75(11)32-33-76(12)65(87)92-55(53(43-24-16-13-17-25-43)74-59(81)44-26-18-14-19-27-44)64(86)91-48-36-69(88)58(93-63(85)45-28-20-15-21-29-45)56-67(10,49(79)35-50-68(56,37-89-50)94-42(7)78)57(80)54(90-41(6)77)51(40(48)5)66(69,8)9;;/h13-21,24-29,38-39,46-50,52-56,58,79,88H,22-23,30-37,70-71H2,1-12H3,(H,72,82)(H,73,83)(H,74,81);2*1H/t46-,47-,48-,49-,50+,52+,53-,54+,55+,56-,58-,67+,68-,69+;;/m0../s1. The van der Waals surface area contributed by atoms with E-state index in [1.165, 1.54) is 71.0 Å². The number of hydrogen-bond donors (Lipinski definition) is 7. The number of carbonyl (C=O) groups is 10. The molecule has 1 aliphatic heterocycles. The fourth-order valence-corrected chi connectivity index (χ4v) is 13.6. The van der Waals surface area contributed by atoms with Crippen molar-refractivity contribution < 1.29 is 123 Å². The van der Waals surface area contributed by atoms with E-state index in [2.05, 4.69) is 27.4 Å². The van der Waals surface area contributed by atoms with Crippen molar-refractivity contribution in [1.29, 1.82) is 0 Å². The highest BCUT2D eigenvalue weighted by atomic mass is 35.5. The number of nitrogens with one attached hydrogen (secondary N) is 3. The van der Waals surface area contributed by atoms with Crippen LogP contribution in [-0.2, 0) is 62.0 Å². The van der Waals surface area contributed by atoms with Gasteiger partial charge in [-0.2, -0.15) is 0 Å². The van der Waals surface area contributed by atoms with Gasteiger partial charge in [0.1, 0.15) is 42.0 Å². The van der Waals surface area contributed by atoms with Gasteiger partial charge in [-0.1, -0.05) is 108 Å². The number of carbonyl (C=O) groups excluding carboxylic acids is 10. The van der Waals surface area contributed by atoms with Crippen molar-refractivity contribution in [2.75, 3.05) is 40.3 Å². The zero-order valence-corrected chi connectivity index (χ0v) is 58.2. The quantitative estimate of drug-likeness (QED) is 0.0182. The van der Waals surface area contributed by atoms with Crippen LogP contribution >= 0.6 is 0 Å². The van der Waals surface area contributed by atoms with Crippen LogP contribution in [0.3, 0.4) is 0 Å². The lowest BCUT2D eigenvalue weighted by Crippen LogP contribution is -3.00. The second kappa shape index (κ2) is 33.2. The average Bonchev–Trinajstić information content (AvgIpc) is 0.670. The molecule has 1 heterocycles. The van der Waals surface area contributed by atoms with Gasteiger partial charge in [-0.25, -0.2) is 14.4 Å². The Labute approximate surface area is 572 Å². The molecule has 96 heavy (non-hydrogen) atoms. The fourth-order valence-electron chi connectivity index (χ4n) is 13.6. The number of ketones is 1. The molecule has 528 valence electrons. The number of amides is 5. The number of aliphatic hydroxyl groups is 2. The predicted molar refractivity (Wildman–Crippen MR) is 339 cm³/mol. The van der Waals surface area contributed by atoms with Gasteiger partial charge in [-0.05, 0) is 86.4 Å². The van der Waals surface area contributed by atoms with E-state index in [1.54, 1.807) is 66.7 Å². The number of benzene rings is 3. The number of nitrogens with zero attached hydrogens (tertiary/aromatic N) is 2. The Morgan fingerprint density at radius 1 is 0.750 bits per heavy atom. The van der Waals surface area contributed by atoms with Crippen molar-refractivity contribution >= 4 is 59.4 Å². The van der Waals surface area contributed by atoms with Crippen molar-refractivity contribution in [3.8, 4) is 0 Å². The van der Waals surface area contributed by atoms with E-state index in [0.717, 1.165) is 18.7 Å². The lowest BCUT2D eigenvalue weighted by Gasteiger charge is -2.67. The third kappa shape index (κ3) is 16.9. The summed E-state index contributed by atoms with van der Waals surface area (Å²) in [4.78, 5) is 146. The minimum atomic E-state index is -2.55. The molecule has 3 fully saturated rings. The number of ether oxygens (including phenoxy) is 6. The molecule has 27 heteroatoms. The number of fused-ring (bicyclic) bond motifs is 5. The van der Waals surface area contributed by atoms with Crippen LogP contribution in [0.15, 0.2) is 102 Å². The van der Waals surface area contributed by atoms with Crippen LogP contribution in [-0.4, -0.2) is 186 Å². The summed E-state index contributed by atoms with van der Waals surface area (Å²) in [7, 11) is 2.84. The number of quaternary nitrogens is 2. The molecule has 0 aromatic heterocycles. The molecular formula is C69H95Cl2N7O18. The van der Waals surface area contributed by atoms with Crippen LogP contribution in [0.2, 0.25) is 0 Å². The highest BCUT2D eigenvalue weighted by Crippen LogP contribution is 2.64. The average molecular weight is 1380 g/mol. The number of hydrogen-bond acceptors (Lipinski definition) is 18. The van der Waals surface area contributed by atoms with E-state index in [1.807, 2.05) is 27.7 Å². The Hall–Kier alpha value is -7.52.